The van der Waals surface area contributed by atoms with Crippen LogP contribution >= 0.6 is 0 Å². The van der Waals surface area contributed by atoms with Gasteiger partial charge < -0.3 is 15.0 Å². The number of nitrogens with one attached hydrogen (secondary N) is 2. The van der Waals surface area contributed by atoms with E-state index in [-0.39, 0.29) is 6.10 Å². The Morgan fingerprint density at radius 2 is 2.23 bits per heavy atom. The van der Waals surface area contributed by atoms with Crippen LogP contribution in [0.1, 0.15) is 28.9 Å². The van der Waals surface area contributed by atoms with Crippen molar-refractivity contribution in [1.29, 1.82) is 0 Å². The zero-order valence-electron chi connectivity index (χ0n) is 14.5. The molecule has 134 valence electrons. The lowest BCUT2D eigenvalue weighted by Gasteiger charge is -2.08. The number of Topliss-reactive ketones (excluding diaryl/α,β-unsaturated/α-hetero) is 1. The van der Waals surface area contributed by atoms with Crippen LogP contribution < -0.4 is 5.32 Å². The second-order valence-electron chi connectivity index (χ2n) is 6.54. The van der Waals surface area contributed by atoms with E-state index < -0.39 is 11.7 Å². The minimum Gasteiger partial charge on any atom is -0.376 e. The lowest BCUT2D eigenvalue weighted by Crippen LogP contribution is -2.23. The van der Waals surface area contributed by atoms with Crippen LogP contribution in [0.3, 0.4) is 0 Å². The number of aromatic amines is 1. The Labute approximate surface area is 150 Å². The first-order valence-electron chi connectivity index (χ1n) is 8.69. The molecule has 1 saturated heterocycles. The van der Waals surface area contributed by atoms with Gasteiger partial charge in [0, 0.05) is 29.4 Å². The van der Waals surface area contributed by atoms with Gasteiger partial charge in [-0.25, -0.2) is 0 Å². The summed E-state index contributed by atoms with van der Waals surface area (Å²) in [6.07, 6.45) is 5.50. The number of fused-ring (bicyclic) bond motifs is 1. The van der Waals surface area contributed by atoms with Gasteiger partial charge >= 0.3 is 0 Å². The zero-order chi connectivity index (χ0) is 18.1. The highest BCUT2D eigenvalue weighted by molar-refractivity contribution is 6.48. The highest BCUT2D eigenvalue weighted by Gasteiger charge is 2.23. The first kappa shape index (κ1) is 16.5. The Bertz CT molecular complexity index is 966. The number of hydrogen-bond acceptors (Lipinski definition) is 4. The fraction of sp³-hybridized carbons (Fsp3) is 0.316. The van der Waals surface area contributed by atoms with Gasteiger partial charge in [-0.15, -0.1) is 0 Å². The number of aryl methyl sites for hydroxylation is 1. The van der Waals surface area contributed by atoms with Gasteiger partial charge in [0.15, 0.2) is 0 Å². The topological polar surface area (TPSA) is 89.0 Å². The van der Waals surface area contributed by atoms with Crippen LogP contribution in [0.15, 0.2) is 36.7 Å². The molecule has 2 N–H and O–H groups in total. The quantitative estimate of drug-likeness (QED) is 0.546. The number of carbonyl (C=O) groups is 2. The summed E-state index contributed by atoms with van der Waals surface area (Å²) in [5.41, 5.74) is 2.43. The van der Waals surface area contributed by atoms with Crippen molar-refractivity contribution in [1.82, 2.24) is 14.8 Å². The van der Waals surface area contributed by atoms with Crippen LogP contribution in [-0.2, 0) is 16.1 Å². The summed E-state index contributed by atoms with van der Waals surface area (Å²) in [7, 11) is 0. The van der Waals surface area contributed by atoms with Crippen LogP contribution in [0, 0.1) is 6.92 Å². The molecule has 0 saturated carbocycles. The third-order valence-electron chi connectivity index (χ3n) is 4.63. The first-order valence-corrected chi connectivity index (χ1v) is 8.69. The number of aromatic nitrogens is 3. The molecular formula is C19H20N4O3. The van der Waals surface area contributed by atoms with Crippen LogP contribution in [0.4, 0.5) is 5.69 Å². The predicted octanol–water partition coefficient (Wildman–Crippen LogP) is 2.67. The van der Waals surface area contributed by atoms with Gasteiger partial charge in [0.25, 0.3) is 11.7 Å². The lowest BCUT2D eigenvalue weighted by atomic mass is 10.1. The monoisotopic (exact) mass is 352 g/mol. The number of rotatable bonds is 5. The molecule has 1 aliphatic rings. The number of anilines is 1. The van der Waals surface area contributed by atoms with Crippen LogP contribution in [-0.4, -0.2) is 39.2 Å². The maximum Gasteiger partial charge on any atom is 0.296 e. The Balaban J connectivity index is 1.48. The number of benzene rings is 1. The van der Waals surface area contributed by atoms with E-state index in [4.69, 9.17) is 4.74 Å². The molecule has 0 radical (unpaired) electrons. The number of carbonyl (C=O) groups excluding carboxylic acids is 2. The molecule has 0 spiro atoms. The van der Waals surface area contributed by atoms with Crippen molar-refractivity contribution < 1.29 is 14.3 Å². The molecule has 1 atom stereocenters. The summed E-state index contributed by atoms with van der Waals surface area (Å²) in [6.45, 7) is 3.22. The van der Waals surface area contributed by atoms with Gasteiger partial charge in [0.1, 0.15) is 0 Å². The second kappa shape index (κ2) is 6.76. The van der Waals surface area contributed by atoms with Gasteiger partial charge in [-0.2, -0.15) is 5.10 Å². The predicted molar refractivity (Wildman–Crippen MR) is 97.2 cm³/mol. The summed E-state index contributed by atoms with van der Waals surface area (Å²) in [5, 5.41) is 7.62. The number of para-hydroxylation sites is 1. The van der Waals surface area contributed by atoms with Crippen LogP contribution in [0.5, 0.6) is 0 Å². The highest BCUT2D eigenvalue weighted by atomic mass is 16.5. The minimum atomic E-state index is -0.672. The average Bonchev–Trinajstić information content (AvgIpc) is 3.35. The molecular weight excluding hydrogens is 332 g/mol. The van der Waals surface area contributed by atoms with Crippen molar-refractivity contribution in [3.63, 3.8) is 0 Å². The second-order valence-corrected chi connectivity index (χ2v) is 6.54. The largest absolute Gasteiger partial charge is 0.376 e. The van der Waals surface area contributed by atoms with E-state index in [1.54, 1.807) is 24.0 Å². The Kier molecular flexibility index (Phi) is 4.30. The van der Waals surface area contributed by atoms with E-state index in [9.17, 15) is 9.59 Å². The molecule has 0 bridgehead atoms. The average molecular weight is 352 g/mol. The molecule has 1 aromatic carbocycles. The molecule has 7 nitrogen and oxygen atoms in total. The van der Waals surface area contributed by atoms with E-state index in [2.05, 4.69) is 15.4 Å². The van der Waals surface area contributed by atoms with E-state index in [1.165, 1.54) is 0 Å². The molecule has 1 fully saturated rings. The molecule has 3 heterocycles. The fourth-order valence-electron chi connectivity index (χ4n) is 3.40. The SMILES string of the molecule is Cc1[nH]c2ccccc2c1C(=O)C(=O)Nc1cnn(CC2CCCO2)c1. The smallest absolute Gasteiger partial charge is 0.296 e. The van der Waals surface area contributed by atoms with E-state index in [0.717, 1.165) is 30.4 Å². The number of hydrogen-bond donors (Lipinski definition) is 2. The minimum absolute atomic E-state index is 0.161. The van der Waals surface area contributed by atoms with Gasteiger partial charge in [-0.1, -0.05) is 18.2 Å². The van der Waals surface area contributed by atoms with E-state index >= 15 is 0 Å². The van der Waals surface area contributed by atoms with Gasteiger partial charge in [0.05, 0.1) is 30.1 Å². The molecule has 4 rings (SSSR count). The first-order chi connectivity index (χ1) is 12.6. The Hall–Kier alpha value is -2.93. The molecule has 1 unspecified atom stereocenters. The molecule has 7 heteroatoms. The normalized spacial score (nSPS) is 16.9. The summed E-state index contributed by atoms with van der Waals surface area (Å²) in [5.74, 6) is -1.23. The van der Waals surface area contributed by atoms with Gasteiger partial charge in [0.2, 0.25) is 0 Å². The molecule has 0 aliphatic carbocycles. The van der Waals surface area contributed by atoms with Crippen molar-refractivity contribution in [2.75, 3.05) is 11.9 Å². The zero-order valence-corrected chi connectivity index (χ0v) is 14.5. The molecule has 1 aliphatic heterocycles. The molecule has 2 aromatic heterocycles. The summed E-state index contributed by atoms with van der Waals surface area (Å²) >= 11 is 0. The third-order valence-corrected chi connectivity index (χ3v) is 4.63. The molecule has 26 heavy (non-hydrogen) atoms. The molecule has 3 aromatic rings. The number of ketones is 1. The number of H-pyrrole nitrogens is 1. The van der Waals surface area contributed by atoms with Crippen molar-refractivity contribution in [3.05, 3.63) is 47.9 Å². The maximum atomic E-state index is 12.7. The van der Waals surface area contributed by atoms with E-state index in [0.29, 0.717) is 23.5 Å². The van der Waals surface area contributed by atoms with Gasteiger partial charge in [-0.3, -0.25) is 14.3 Å². The van der Waals surface area contributed by atoms with Crippen molar-refractivity contribution in [2.24, 2.45) is 0 Å². The third kappa shape index (κ3) is 3.13. The number of nitrogens with zero attached hydrogens (tertiary/aromatic N) is 2. The lowest BCUT2D eigenvalue weighted by molar-refractivity contribution is -0.112. The highest BCUT2D eigenvalue weighted by Crippen LogP contribution is 2.23. The fourth-order valence-corrected chi connectivity index (χ4v) is 3.40. The van der Waals surface area contributed by atoms with Crippen LogP contribution in [0.2, 0.25) is 0 Å². The molecule has 1 amide bonds. The number of amides is 1. The number of ether oxygens (including phenoxy) is 1. The van der Waals surface area contributed by atoms with E-state index in [1.807, 2.05) is 24.3 Å². The van der Waals surface area contributed by atoms with Crippen molar-refractivity contribution in [2.45, 2.75) is 32.4 Å². The van der Waals surface area contributed by atoms with Crippen LogP contribution in [0.25, 0.3) is 10.9 Å². The summed E-state index contributed by atoms with van der Waals surface area (Å²) in [6, 6.07) is 7.44. The van der Waals surface area contributed by atoms with Gasteiger partial charge in [-0.05, 0) is 25.8 Å². The Morgan fingerprint density at radius 3 is 3.04 bits per heavy atom. The van der Waals surface area contributed by atoms with Crippen molar-refractivity contribution in [3.8, 4) is 0 Å². The van der Waals surface area contributed by atoms with Crippen molar-refractivity contribution >= 4 is 28.3 Å². The standard InChI is InChI=1S/C19H20N4O3/c1-12-17(15-6-2-3-7-16(15)21-12)18(24)19(25)22-13-9-20-23(10-13)11-14-5-4-8-26-14/h2-3,6-7,9-10,14,21H,4-5,8,11H2,1H3,(H,22,25). The Morgan fingerprint density at radius 1 is 1.38 bits per heavy atom. The summed E-state index contributed by atoms with van der Waals surface area (Å²) < 4.78 is 7.31. The summed E-state index contributed by atoms with van der Waals surface area (Å²) in [4.78, 5) is 28.2. The maximum absolute atomic E-state index is 12.7.